The Morgan fingerprint density at radius 3 is 2.67 bits per heavy atom. The highest BCUT2D eigenvalue weighted by Gasteiger charge is 2.27. The molecule has 0 aromatic rings. The highest BCUT2D eigenvalue weighted by molar-refractivity contribution is 5.75. The first-order chi connectivity index (χ1) is 7.04. The Morgan fingerprint density at radius 2 is 2.13 bits per heavy atom. The van der Waals surface area contributed by atoms with Crippen molar-refractivity contribution < 1.29 is 9.53 Å². The van der Waals surface area contributed by atoms with Crippen LogP contribution in [-0.2, 0) is 9.53 Å². The average Bonchev–Trinajstić information content (AvgIpc) is 2.22. The second-order valence-electron chi connectivity index (χ2n) is 4.15. The number of hydrogen-bond acceptors (Lipinski definition) is 3. The van der Waals surface area contributed by atoms with Gasteiger partial charge in [-0.3, -0.25) is 4.79 Å². The van der Waals surface area contributed by atoms with E-state index in [2.05, 4.69) is 0 Å². The summed E-state index contributed by atoms with van der Waals surface area (Å²) in [5.74, 6) is -0.157. The van der Waals surface area contributed by atoms with Crippen molar-refractivity contribution in [2.45, 2.75) is 39.5 Å². The molecule has 0 radical (unpaired) electrons. The molecule has 15 heavy (non-hydrogen) atoms. The van der Waals surface area contributed by atoms with Gasteiger partial charge in [0.1, 0.15) is 0 Å². The van der Waals surface area contributed by atoms with Crippen LogP contribution in [0.15, 0.2) is 12.2 Å². The number of hydrogen-bond donors (Lipinski definition) is 0. The predicted molar refractivity (Wildman–Crippen MR) is 59.0 cm³/mol. The fourth-order valence-corrected chi connectivity index (χ4v) is 1.34. The third kappa shape index (κ3) is 5.90. The molecule has 0 saturated carbocycles. The Bertz CT molecular complexity index is 261. The molecule has 0 saturated heterocycles. The summed E-state index contributed by atoms with van der Waals surface area (Å²) in [6.45, 7) is 3.79. The second kappa shape index (κ2) is 7.05. The van der Waals surface area contributed by atoms with Crippen molar-refractivity contribution in [3.63, 3.8) is 0 Å². The van der Waals surface area contributed by atoms with Gasteiger partial charge in [-0.05, 0) is 33.1 Å². The molecule has 0 unspecified atom stereocenters. The van der Waals surface area contributed by atoms with E-state index in [0.717, 1.165) is 25.7 Å². The van der Waals surface area contributed by atoms with Crippen molar-refractivity contribution in [2.24, 2.45) is 5.41 Å². The lowest BCUT2D eigenvalue weighted by molar-refractivity contribution is -0.151. The van der Waals surface area contributed by atoms with E-state index in [1.807, 2.05) is 26.0 Å². The minimum absolute atomic E-state index is 0.157. The first-order valence-corrected chi connectivity index (χ1v) is 5.17. The van der Waals surface area contributed by atoms with Gasteiger partial charge in [-0.1, -0.05) is 12.5 Å². The summed E-state index contributed by atoms with van der Waals surface area (Å²) in [7, 11) is 1.42. The molecule has 0 aromatic carbocycles. The lowest BCUT2D eigenvalue weighted by Crippen LogP contribution is -2.25. The highest BCUT2D eigenvalue weighted by Crippen LogP contribution is 2.25. The number of unbranched alkanes of at least 4 members (excludes halogenated alkanes) is 2. The highest BCUT2D eigenvalue weighted by atomic mass is 16.5. The Hall–Kier alpha value is -1.30. The molecule has 0 fully saturated rings. The number of esters is 1. The summed E-state index contributed by atoms with van der Waals surface area (Å²) in [5.41, 5.74) is -0.395. The summed E-state index contributed by atoms with van der Waals surface area (Å²) < 4.78 is 4.71. The maximum atomic E-state index is 11.3. The second-order valence-corrected chi connectivity index (χ2v) is 4.15. The maximum Gasteiger partial charge on any atom is 0.311 e. The number of methoxy groups -OCH3 is 1. The van der Waals surface area contributed by atoms with Gasteiger partial charge in [-0.25, -0.2) is 0 Å². The third-order valence-corrected chi connectivity index (χ3v) is 2.35. The zero-order chi connectivity index (χ0) is 11.7. The van der Waals surface area contributed by atoms with E-state index < -0.39 is 5.41 Å². The van der Waals surface area contributed by atoms with Gasteiger partial charge < -0.3 is 4.74 Å². The zero-order valence-electron chi connectivity index (χ0n) is 9.75. The Labute approximate surface area is 91.7 Å². The average molecular weight is 209 g/mol. The van der Waals surface area contributed by atoms with Gasteiger partial charge in [0.2, 0.25) is 0 Å². The van der Waals surface area contributed by atoms with Crippen LogP contribution in [0.5, 0.6) is 0 Å². The van der Waals surface area contributed by atoms with Crippen LogP contribution in [0.25, 0.3) is 0 Å². The molecule has 0 N–H and O–H groups in total. The minimum Gasteiger partial charge on any atom is -0.469 e. The van der Waals surface area contributed by atoms with Crippen LogP contribution in [0.4, 0.5) is 0 Å². The SMILES string of the molecule is COC(=O)C(C)(C)CCCC/C=C/C#N. The van der Waals surface area contributed by atoms with Gasteiger partial charge >= 0.3 is 5.97 Å². The number of carbonyl (C=O) groups is 1. The molecule has 3 heteroatoms. The minimum atomic E-state index is -0.395. The van der Waals surface area contributed by atoms with Crippen LogP contribution in [0, 0.1) is 16.7 Å². The van der Waals surface area contributed by atoms with Crippen molar-refractivity contribution in [2.75, 3.05) is 7.11 Å². The van der Waals surface area contributed by atoms with Crippen LogP contribution < -0.4 is 0 Å². The van der Waals surface area contributed by atoms with E-state index in [1.54, 1.807) is 0 Å². The van der Waals surface area contributed by atoms with E-state index in [0.29, 0.717) is 0 Å². The van der Waals surface area contributed by atoms with Gasteiger partial charge in [0, 0.05) is 6.08 Å². The van der Waals surface area contributed by atoms with Crippen molar-refractivity contribution in [3.05, 3.63) is 12.2 Å². The fourth-order valence-electron chi connectivity index (χ4n) is 1.34. The molecule has 0 spiro atoms. The number of nitriles is 1. The Morgan fingerprint density at radius 1 is 1.47 bits per heavy atom. The molecule has 3 nitrogen and oxygen atoms in total. The van der Waals surface area contributed by atoms with E-state index >= 15 is 0 Å². The summed E-state index contributed by atoms with van der Waals surface area (Å²) in [6.07, 6.45) is 7.03. The number of allylic oxidation sites excluding steroid dienone is 2. The molecular formula is C12H19NO2. The normalized spacial score (nSPS) is 11.3. The van der Waals surface area contributed by atoms with Gasteiger partial charge in [0.15, 0.2) is 0 Å². The Balaban J connectivity index is 3.72. The summed E-state index contributed by atoms with van der Waals surface area (Å²) in [5, 5.41) is 8.26. The lowest BCUT2D eigenvalue weighted by atomic mass is 9.87. The molecule has 0 amide bonds. The van der Waals surface area contributed by atoms with Gasteiger partial charge in [0.25, 0.3) is 0 Å². The quantitative estimate of drug-likeness (QED) is 0.384. The molecule has 0 rings (SSSR count). The molecule has 0 aliphatic heterocycles. The molecule has 84 valence electrons. The van der Waals surface area contributed by atoms with Gasteiger partial charge in [-0.2, -0.15) is 5.26 Å². The zero-order valence-corrected chi connectivity index (χ0v) is 9.75. The van der Waals surface area contributed by atoms with E-state index in [4.69, 9.17) is 10.00 Å². The first kappa shape index (κ1) is 13.7. The standard InChI is InChI=1S/C12H19NO2/c1-12(2,11(14)15-3)9-7-5-4-6-8-10-13/h6,8H,4-5,7,9H2,1-3H3/b8-6+. The Kier molecular flexibility index (Phi) is 6.44. The first-order valence-electron chi connectivity index (χ1n) is 5.17. The molecule has 0 heterocycles. The van der Waals surface area contributed by atoms with Crippen LogP contribution in [0.1, 0.15) is 39.5 Å². The van der Waals surface area contributed by atoms with Gasteiger partial charge in [-0.15, -0.1) is 0 Å². The van der Waals surface area contributed by atoms with E-state index in [9.17, 15) is 4.79 Å². The van der Waals surface area contributed by atoms with Crippen LogP contribution >= 0.6 is 0 Å². The fraction of sp³-hybridized carbons (Fsp3) is 0.667. The molecule has 0 atom stereocenters. The van der Waals surface area contributed by atoms with Crippen molar-refractivity contribution in [3.8, 4) is 6.07 Å². The van der Waals surface area contributed by atoms with E-state index in [1.165, 1.54) is 13.2 Å². The smallest absolute Gasteiger partial charge is 0.311 e. The van der Waals surface area contributed by atoms with Crippen LogP contribution in [0.2, 0.25) is 0 Å². The topological polar surface area (TPSA) is 50.1 Å². The number of ether oxygens (including phenoxy) is 1. The summed E-state index contributed by atoms with van der Waals surface area (Å²) in [6, 6.07) is 1.95. The van der Waals surface area contributed by atoms with Crippen molar-refractivity contribution >= 4 is 5.97 Å². The predicted octanol–water partition coefficient (Wildman–Crippen LogP) is 2.83. The molecule has 0 aliphatic carbocycles. The molecule has 0 aromatic heterocycles. The monoisotopic (exact) mass is 209 g/mol. The largest absolute Gasteiger partial charge is 0.469 e. The number of nitrogens with zero attached hydrogens (tertiary/aromatic N) is 1. The van der Waals surface area contributed by atoms with Crippen molar-refractivity contribution in [1.82, 2.24) is 0 Å². The maximum absolute atomic E-state index is 11.3. The molecule has 0 bridgehead atoms. The lowest BCUT2D eigenvalue weighted by Gasteiger charge is -2.20. The summed E-state index contributed by atoms with van der Waals surface area (Å²) >= 11 is 0. The molecule has 0 aliphatic rings. The third-order valence-electron chi connectivity index (χ3n) is 2.35. The number of carbonyl (C=O) groups excluding carboxylic acids is 1. The van der Waals surface area contributed by atoms with Crippen LogP contribution in [-0.4, -0.2) is 13.1 Å². The van der Waals surface area contributed by atoms with Crippen molar-refractivity contribution in [1.29, 1.82) is 5.26 Å². The van der Waals surface area contributed by atoms with Gasteiger partial charge in [0.05, 0.1) is 18.6 Å². The van der Waals surface area contributed by atoms with Crippen LogP contribution in [0.3, 0.4) is 0 Å². The molecular weight excluding hydrogens is 190 g/mol. The summed E-state index contributed by atoms with van der Waals surface area (Å²) in [4.78, 5) is 11.3. The number of rotatable bonds is 6. The van der Waals surface area contributed by atoms with E-state index in [-0.39, 0.29) is 5.97 Å².